The molecule has 16 heavy (non-hydrogen) atoms. The summed E-state index contributed by atoms with van der Waals surface area (Å²) in [6.07, 6.45) is 3.81. The molecule has 4 nitrogen and oxygen atoms in total. The molecule has 1 atom stereocenters. The van der Waals surface area contributed by atoms with Crippen molar-refractivity contribution in [2.24, 2.45) is 5.92 Å². The Morgan fingerprint density at radius 3 is 3.19 bits per heavy atom. The zero-order valence-corrected chi connectivity index (χ0v) is 9.28. The number of nitrogens with zero attached hydrogens (tertiary/aromatic N) is 1. The highest BCUT2D eigenvalue weighted by Crippen LogP contribution is 2.09. The Morgan fingerprint density at radius 2 is 2.50 bits per heavy atom. The van der Waals surface area contributed by atoms with Crippen LogP contribution in [0.5, 0.6) is 0 Å². The Balaban J connectivity index is 1.79. The lowest BCUT2D eigenvalue weighted by atomic mass is 9.99. The first-order chi connectivity index (χ1) is 7.86. The van der Waals surface area contributed by atoms with Gasteiger partial charge in [0, 0.05) is 12.7 Å². The summed E-state index contributed by atoms with van der Waals surface area (Å²) in [7, 11) is 0. The SMILES string of the molecule is O=C(NCc1ccccn1)[C@H]1CCCNC1. The molecule has 1 aliphatic rings. The molecular formula is C12H17N3O. The fourth-order valence-corrected chi connectivity index (χ4v) is 1.90. The highest BCUT2D eigenvalue weighted by molar-refractivity contribution is 5.78. The van der Waals surface area contributed by atoms with Gasteiger partial charge in [0.05, 0.1) is 18.2 Å². The predicted octanol–water partition coefficient (Wildman–Crippen LogP) is 0.697. The second-order valence-corrected chi connectivity index (χ2v) is 4.08. The van der Waals surface area contributed by atoms with Crippen molar-refractivity contribution in [2.45, 2.75) is 19.4 Å². The van der Waals surface area contributed by atoms with Gasteiger partial charge in [-0.2, -0.15) is 0 Å². The third-order valence-corrected chi connectivity index (χ3v) is 2.84. The van der Waals surface area contributed by atoms with Gasteiger partial charge in [-0.1, -0.05) is 6.07 Å². The number of aromatic nitrogens is 1. The van der Waals surface area contributed by atoms with Crippen LogP contribution in [0.15, 0.2) is 24.4 Å². The number of hydrogen-bond donors (Lipinski definition) is 2. The molecule has 0 aliphatic carbocycles. The smallest absolute Gasteiger partial charge is 0.224 e. The summed E-state index contributed by atoms with van der Waals surface area (Å²) in [6, 6.07) is 5.71. The van der Waals surface area contributed by atoms with Crippen molar-refractivity contribution >= 4 is 5.91 Å². The fraction of sp³-hybridized carbons (Fsp3) is 0.500. The standard InChI is InChI=1S/C12H17N3O/c16-12(10-4-3-6-13-8-10)15-9-11-5-1-2-7-14-11/h1-2,5,7,10,13H,3-4,6,8-9H2,(H,15,16)/t10-/m0/s1. The van der Waals surface area contributed by atoms with E-state index in [9.17, 15) is 4.79 Å². The highest BCUT2D eigenvalue weighted by Gasteiger charge is 2.20. The normalized spacial score (nSPS) is 20.4. The summed E-state index contributed by atoms with van der Waals surface area (Å²) in [5.74, 6) is 0.260. The van der Waals surface area contributed by atoms with E-state index in [4.69, 9.17) is 0 Å². The maximum absolute atomic E-state index is 11.8. The highest BCUT2D eigenvalue weighted by atomic mass is 16.1. The molecule has 2 heterocycles. The van der Waals surface area contributed by atoms with Gasteiger partial charge in [0.25, 0.3) is 0 Å². The minimum atomic E-state index is 0.123. The topological polar surface area (TPSA) is 54.0 Å². The first kappa shape index (κ1) is 11.1. The fourth-order valence-electron chi connectivity index (χ4n) is 1.90. The largest absolute Gasteiger partial charge is 0.350 e. The molecule has 0 unspecified atom stereocenters. The average molecular weight is 219 g/mol. The number of nitrogens with one attached hydrogen (secondary N) is 2. The van der Waals surface area contributed by atoms with Crippen molar-refractivity contribution in [1.82, 2.24) is 15.6 Å². The van der Waals surface area contributed by atoms with Crippen molar-refractivity contribution in [3.8, 4) is 0 Å². The molecule has 0 bridgehead atoms. The Morgan fingerprint density at radius 1 is 1.56 bits per heavy atom. The number of hydrogen-bond acceptors (Lipinski definition) is 3. The van der Waals surface area contributed by atoms with E-state index >= 15 is 0 Å². The van der Waals surface area contributed by atoms with Gasteiger partial charge in [-0.05, 0) is 31.5 Å². The van der Waals surface area contributed by atoms with E-state index in [2.05, 4.69) is 15.6 Å². The molecule has 0 aromatic carbocycles. The number of piperidine rings is 1. The summed E-state index contributed by atoms with van der Waals surface area (Å²) in [5, 5.41) is 6.16. The Kier molecular flexibility index (Phi) is 3.88. The lowest BCUT2D eigenvalue weighted by Crippen LogP contribution is -2.40. The van der Waals surface area contributed by atoms with Gasteiger partial charge in [0.2, 0.25) is 5.91 Å². The van der Waals surface area contributed by atoms with E-state index in [0.29, 0.717) is 6.54 Å². The molecular weight excluding hydrogens is 202 g/mol. The first-order valence-corrected chi connectivity index (χ1v) is 5.74. The number of rotatable bonds is 3. The van der Waals surface area contributed by atoms with Crippen LogP contribution in [0.3, 0.4) is 0 Å². The molecule has 0 radical (unpaired) electrons. The van der Waals surface area contributed by atoms with E-state index in [-0.39, 0.29) is 11.8 Å². The molecule has 0 saturated carbocycles. The number of carbonyl (C=O) groups excluding carboxylic acids is 1. The summed E-state index contributed by atoms with van der Waals surface area (Å²) >= 11 is 0. The van der Waals surface area contributed by atoms with Crippen molar-refractivity contribution < 1.29 is 4.79 Å². The van der Waals surface area contributed by atoms with Crippen LogP contribution in [0.4, 0.5) is 0 Å². The third kappa shape index (κ3) is 3.03. The lowest BCUT2D eigenvalue weighted by molar-refractivity contribution is -0.125. The van der Waals surface area contributed by atoms with Crippen LogP contribution in [0.25, 0.3) is 0 Å². The predicted molar refractivity (Wildman–Crippen MR) is 61.7 cm³/mol. The van der Waals surface area contributed by atoms with Gasteiger partial charge >= 0.3 is 0 Å². The summed E-state index contributed by atoms with van der Waals surface area (Å²) in [5.41, 5.74) is 0.902. The minimum Gasteiger partial charge on any atom is -0.350 e. The Hall–Kier alpha value is -1.42. The monoisotopic (exact) mass is 219 g/mol. The van der Waals surface area contributed by atoms with Crippen molar-refractivity contribution in [3.63, 3.8) is 0 Å². The maximum Gasteiger partial charge on any atom is 0.224 e. The Bertz CT molecular complexity index is 333. The number of pyridine rings is 1. The van der Waals surface area contributed by atoms with Gasteiger partial charge in [-0.25, -0.2) is 0 Å². The van der Waals surface area contributed by atoms with Crippen molar-refractivity contribution in [2.75, 3.05) is 13.1 Å². The van der Waals surface area contributed by atoms with Crippen LogP contribution in [0, 0.1) is 5.92 Å². The quantitative estimate of drug-likeness (QED) is 0.786. The second kappa shape index (κ2) is 5.61. The van der Waals surface area contributed by atoms with Gasteiger partial charge in [-0.15, -0.1) is 0 Å². The molecule has 2 rings (SSSR count). The second-order valence-electron chi connectivity index (χ2n) is 4.08. The van der Waals surface area contributed by atoms with Crippen LogP contribution in [0.1, 0.15) is 18.5 Å². The molecule has 1 saturated heterocycles. The molecule has 2 N–H and O–H groups in total. The number of carbonyl (C=O) groups is 1. The molecule has 1 amide bonds. The van der Waals surface area contributed by atoms with Crippen LogP contribution >= 0.6 is 0 Å². The zero-order valence-electron chi connectivity index (χ0n) is 9.28. The first-order valence-electron chi connectivity index (χ1n) is 5.74. The third-order valence-electron chi connectivity index (χ3n) is 2.84. The van der Waals surface area contributed by atoms with Crippen LogP contribution in [-0.4, -0.2) is 24.0 Å². The van der Waals surface area contributed by atoms with Crippen LogP contribution in [-0.2, 0) is 11.3 Å². The van der Waals surface area contributed by atoms with E-state index in [1.165, 1.54) is 0 Å². The zero-order chi connectivity index (χ0) is 11.2. The van der Waals surface area contributed by atoms with E-state index in [1.807, 2.05) is 18.2 Å². The van der Waals surface area contributed by atoms with E-state index in [0.717, 1.165) is 31.6 Å². The Labute approximate surface area is 95.5 Å². The molecule has 86 valence electrons. The number of amides is 1. The summed E-state index contributed by atoms with van der Waals surface area (Å²) in [4.78, 5) is 16.0. The average Bonchev–Trinajstić information content (AvgIpc) is 2.38. The summed E-state index contributed by atoms with van der Waals surface area (Å²) in [6.45, 7) is 2.36. The maximum atomic E-state index is 11.8. The molecule has 1 aromatic heterocycles. The summed E-state index contributed by atoms with van der Waals surface area (Å²) < 4.78 is 0. The van der Waals surface area contributed by atoms with Gasteiger partial charge in [0.1, 0.15) is 0 Å². The van der Waals surface area contributed by atoms with Gasteiger partial charge in [0.15, 0.2) is 0 Å². The minimum absolute atomic E-state index is 0.123. The molecule has 1 fully saturated rings. The van der Waals surface area contributed by atoms with Crippen LogP contribution < -0.4 is 10.6 Å². The van der Waals surface area contributed by atoms with Crippen molar-refractivity contribution in [1.29, 1.82) is 0 Å². The molecule has 4 heteroatoms. The van der Waals surface area contributed by atoms with Gasteiger partial charge < -0.3 is 10.6 Å². The van der Waals surface area contributed by atoms with E-state index in [1.54, 1.807) is 6.20 Å². The van der Waals surface area contributed by atoms with Crippen molar-refractivity contribution in [3.05, 3.63) is 30.1 Å². The van der Waals surface area contributed by atoms with Crippen LogP contribution in [0.2, 0.25) is 0 Å². The molecule has 0 spiro atoms. The molecule has 1 aliphatic heterocycles. The lowest BCUT2D eigenvalue weighted by Gasteiger charge is -2.21. The van der Waals surface area contributed by atoms with Gasteiger partial charge in [-0.3, -0.25) is 9.78 Å². The molecule has 1 aromatic rings. The van der Waals surface area contributed by atoms with E-state index < -0.39 is 0 Å².